The van der Waals surface area contributed by atoms with Crippen LogP contribution in [0.15, 0.2) is 41.3 Å². The van der Waals surface area contributed by atoms with Gasteiger partial charge < -0.3 is 19.3 Å². The van der Waals surface area contributed by atoms with Gasteiger partial charge in [-0.05, 0) is 69.9 Å². The molecule has 10 nitrogen and oxygen atoms in total. The van der Waals surface area contributed by atoms with E-state index in [1.54, 1.807) is 61.9 Å². The summed E-state index contributed by atoms with van der Waals surface area (Å²) in [5, 5.41) is 0.0692. The number of halogens is 3. The van der Waals surface area contributed by atoms with Gasteiger partial charge in [0, 0.05) is 54.8 Å². The molecule has 49 heavy (non-hydrogen) atoms. The van der Waals surface area contributed by atoms with Crippen molar-refractivity contribution in [2.24, 2.45) is 0 Å². The number of hydrogen-bond acceptors (Lipinski definition) is 8. The number of benzene rings is 2. The van der Waals surface area contributed by atoms with Crippen LogP contribution in [0.4, 0.5) is 19.4 Å². The van der Waals surface area contributed by atoms with Gasteiger partial charge in [-0.1, -0.05) is 37.6 Å². The Labute approximate surface area is 288 Å². The fourth-order valence-corrected chi connectivity index (χ4v) is 6.44. The molecule has 2 aromatic carbocycles. The largest absolute Gasteiger partial charge is 0.461 e. The van der Waals surface area contributed by atoms with Crippen LogP contribution in [0, 0.1) is 18.6 Å². The van der Waals surface area contributed by atoms with Crippen LogP contribution in [0.1, 0.15) is 71.2 Å². The number of carbonyl (C=O) groups excluding carboxylic acids is 2. The molecule has 1 atom stereocenters. The van der Waals surface area contributed by atoms with E-state index in [2.05, 4.69) is 9.97 Å². The zero-order valence-corrected chi connectivity index (χ0v) is 29.6. The molecule has 13 heteroatoms. The van der Waals surface area contributed by atoms with Crippen LogP contribution < -0.4 is 10.6 Å². The van der Waals surface area contributed by atoms with Crippen molar-refractivity contribution in [3.05, 3.63) is 80.5 Å². The van der Waals surface area contributed by atoms with Crippen molar-refractivity contribution >= 4 is 40.4 Å². The molecule has 0 unspecified atom stereocenters. The second-order valence-corrected chi connectivity index (χ2v) is 13.9. The van der Waals surface area contributed by atoms with Crippen molar-refractivity contribution in [2.45, 2.75) is 79.6 Å². The Morgan fingerprint density at radius 2 is 1.84 bits per heavy atom. The molecule has 4 aromatic rings. The molecule has 0 saturated carbocycles. The van der Waals surface area contributed by atoms with Gasteiger partial charge >= 0.3 is 17.8 Å². The zero-order chi connectivity index (χ0) is 35.9. The zero-order valence-electron chi connectivity index (χ0n) is 28.9. The summed E-state index contributed by atoms with van der Waals surface area (Å²) < 4.78 is 45.8. The maximum atomic E-state index is 17.4. The Morgan fingerprint density at radius 1 is 1.12 bits per heavy atom. The first-order valence-corrected chi connectivity index (χ1v) is 16.4. The van der Waals surface area contributed by atoms with Gasteiger partial charge in [0.2, 0.25) is 0 Å². The number of rotatable bonds is 6. The van der Waals surface area contributed by atoms with Crippen LogP contribution in [-0.4, -0.2) is 62.8 Å². The van der Waals surface area contributed by atoms with Crippen LogP contribution in [0.5, 0.6) is 0 Å². The predicted molar refractivity (Wildman–Crippen MR) is 184 cm³/mol. The Bertz CT molecular complexity index is 2010. The summed E-state index contributed by atoms with van der Waals surface area (Å²) in [7, 11) is 0. The molecule has 3 heterocycles. The van der Waals surface area contributed by atoms with E-state index in [4.69, 9.17) is 21.1 Å². The van der Waals surface area contributed by atoms with Crippen molar-refractivity contribution in [3.8, 4) is 16.8 Å². The number of aryl methyl sites for hydroxylation is 1. The second-order valence-electron chi connectivity index (χ2n) is 13.5. The number of fused-ring (bicyclic) bond motifs is 1. The third-order valence-electron chi connectivity index (χ3n) is 8.31. The van der Waals surface area contributed by atoms with Crippen LogP contribution in [-0.2, 0) is 20.9 Å². The average Bonchev–Trinajstić information content (AvgIpc) is 3.00. The summed E-state index contributed by atoms with van der Waals surface area (Å²) in [6.45, 7) is 14.4. The molecule has 260 valence electrons. The molecule has 1 aliphatic rings. The first-order chi connectivity index (χ1) is 23.0. The number of ether oxygens (including phenoxy) is 2. The number of carbonyl (C=O) groups is 2. The lowest BCUT2D eigenvalue weighted by molar-refractivity contribution is -0.142. The van der Waals surface area contributed by atoms with Crippen molar-refractivity contribution in [1.82, 2.24) is 19.4 Å². The number of anilines is 1. The van der Waals surface area contributed by atoms with E-state index >= 15 is 8.78 Å². The highest BCUT2D eigenvalue weighted by Crippen LogP contribution is 2.41. The standard InChI is InChI=1S/C36H40ClF2N5O5/c1-19(2)30-31(20(3)12-13-40-30)44-32-24(16-26(38)28(29(32)39)27-23(18-48-22(5)45)10-9-11-25(27)37)33(41-34(44)46)43-15-14-42(17-21(43)4)35(47)49-36(6,7)8/h9-13,16,19,21H,14-15,17-18H2,1-8H3/t21-/m0/s1. The highest BCUT2D eigenvalue weighted by atomic mass is 35.5. The van der Waals surface area contributed by atoms with Crippen molar-refractivity contribution in [2.75, 3.05) is 24.5 Å². The van der Waals surface area contributed by atoms with E-state index < -0.39 is 46.6 Å². The minimum atomic E-state index is -1.05. The van der Waals surface area contributed by atoms with E-state index in [9.17, 15) is 14.4 Å². The molecule has 0 radical (unpaired) electrons. The number of pyridine rings is 1. The number of esters is 1. The van der Waals surface area contributed by atoms with E-state index in [0.29, 0.717) is 16.9 Å². The van der Waals surface area contributed by atoms with E-state index in [-0.39, 0.29) is 65.0 Å². The van der Waals surface area contributed by atoms with Crippen LogP contribution >= 0.6 is 11.6 Å². The van der Waals surface area contributed by atoms with Gasteiger partial charge in [0.1, 0.15) is 23.8 Å². The maximum absolute atomic E-state index is 17.4. The molecule has 2 aromatic heterocycles. The Hall–Kier alpha value is -4.58. The lowest BCUT2D eigenvalue weighted by Crippen LogP contribution is -2.55. The van der Waals surface area contributed by atoms with Gasteiger partial charge in [-0.2, -0.15) is 4.98 Å². The third-order valence-corrected chi connectivity index (χ3v) is 8.62. The van der Waals surface area contributed by atoms with Crippen molar-refractivity contribution < 1.29 is 27.8 Å². The molecule has 0 aliphatic carbocycles. The summed E-state index contributed by atoms with van der Waals surface area (Å²) in [4.78, 5) is 51.0. The summed E-state index contributed by atoms with van der Waals surface area (Å²) in [5.74, 6) is -2.68. The van der Waals surface area contributed by atoms with Gasteiger partial charge in [-0.3, -0.25) is 14.3 Å². The molecule has 1 aliphatic heterocycles. The van der Waals surface area contributed by atoms with Gasteiger partial charge in [0.25, 0.3) is 0 Å². The first kappa shape index (κ1) is 35.7. The highest BCUT2D eigenvalue weighted by Gasteiger charge is 2.34. The smallest absolute Gasteiger partial charge is 0.410 e. The topological polar surface area (TPSA) is 107 Å². The second kappa shape index (κ2) is 13.7. The molecule has 1 fully saturated rings. The fourth-order valence-electron chi connectivity index (χ4n) is 6.15. The van der Waals surface area contributed by atoms with Gasteiger partial charge in [0.05, 0.1) is 22.5 Å². The third kappa shape index (κ3) is 7.10. The van der Waals surface area contributed by atoms with E-state index in [1.807, 2.05) is 20.8 Å². The molecule has 1 amide bonds. The number of aromatic nitrogens is 3. The molecule has 0 bridgehead atoms. The quantitative estimate of drug-likeness (QED) is 0.193. The molecule has 0 spiro atoms. The monoisotopic (exact) mass is 695 g/mol. The first-order valence-electron chi connectivity index (χ1n) is 16.1. The average molecular weight is 696 g/mol. The molecular formula is C36H40ClF2N5O5. The minimum Gasteiger partial charge on any atom is -0.461 e. The number of amides is 1. The van der Waals surface area contributed by atoms with Gasteiger partial charge in [0.15, 0.2) is 5.82 Å². The SMILES string of the molecule is CC(=O)OCc1cccc(Cl)c1-c1c(F)cc2c(N3CCN(C(=O)OC(C)(C)C)C[C@@H]3C)nc(=O)n(-c3c(C)ccnc3C(C)C)c2c1F. The summed E-state index contributed by atoms with van der Waals surface area (Å²) in [6.07, 6.45) is 1.13. The minimum absolute atomic E-state index is 0.00832. The molecule has 1 saturated heterocycles. The summed E-state index contributed by atoms with van der Waals surface area (Å²) in [5.41, 5.74) is -0.425. The predicted octanol–water partition coefficient (Wildman–Crippen LogP) is 7.32. The van der Waals surface area contributed by atoms with Crippen molar-refractivity contribution in [3.63, 3.8) is 0 Å². The summed E-state index contributed by atoms with van der Waals surface area (Å²) >= 11 is 6.59. The Kier molecular flexibility index (Phi) is 10.0. The van der Waals surface area contributed by atoms with Crippen LogP contribution in [0.3, 0.4) is 0 Å². The van der Waals surface area contributed by atoms with Gasteiger partial charge in [-0.15, -0.1) is 0 Å². The number of nitrogens with zero attached hydrogens (tertiary/aromatic N) is 5. The molecule has 5 rings (SSSR count). The van der Waals surface area contributed by atoms with Gasteiger partial charge in [-0.25, -0.2) is 18.4 Å². The Morgan fingerprint density at radius 3 is 2.47 bits per heavy atom. The molecule has 0 N–H and O–H groups in total. The van der Waals surface area contributed by atoms with Crippen LogP contribution in [0.25, 0.3) is 27.7 Å². The fraction of sp³-hybridized carbons (Fsp3) is 0.417. The van der Waals surface area contributed by atoms with Crippen molar-refractivity contribution in [1.29, 1.82) is 0 Å². The summed E-state index contributed by atoms with van der Waals surface area (Å²) in [6, 6.07) is 7.09. The number of hydrogen-bond donors (Lipinski definition) is 0. The van der Waals surface area contributed by atoms with E-state index in [0.717, 1.165) is 10.6 Å². The normalized spacial score (nSPS) is 15.2. The number of piperazine rings is 1. The van der Waals surface area contributed by atoms with Crippen LogP contribution in [0.2, 0.25) is 5.02 Å². The molecular weight excluding hydrogens is 656 g/mol. The highest BCUT2D eigenvalue weighted by molar-refractivity contribution is 6.33. The maximum Gasteiger partial charge on any atom is 0.410 e. The lowest BCUT2D eigenvalue weighted by Gasteiger charge is -2.41. The Balaban J connectivity index is 1.80. The lowest BCUT2D eigenvalue weighted by atomic mass is 9.96. The van der Waals surface area contributed by atoms with E-state index in [1.165, 1.54) is 13.0 Å².